The van der Waals surface area contributed by atoms with Crippen LogP contribution < -0.4 is 10.6 Å². The standard InChI is InChI=1S/C14H18ClN5O3S2/c1-8(23-3)12(21)20(2)7-11-17-14(25-19-11)18-13(22)16-6-9-4-5-10(15)24-9/h4-5,8H,6-7H2,1-3H3,(H2,16,17,18,19,22)/t8-/m1/s1. The minimum absolute atomic E-state index is 0.167. The van der Waals surface area contributed by atoms with E-state index in [0.29, 0.717) is 21.8 Å². The Labute approximate surface area is 158 Å². The van der Waals surface area contributed by atoms with Gasteiger partial charge in [0.2, 0.25) is 5.13 Å². The van der Waals surface area contributed by atoms with Crippen molar-refractivity contribution in [3.8, 4) is 0 Å². The van der Waals surface area contributed by atoms with Crippen molar-refractivity contribution < 1.29 is 14.3 Å². The number of likely N-dealkylation sites (N-methyl/N-ethyl adjacent to an activating group) is 1. The van der Waals surface area contributed by atoms with Gasteiger partial charge in [-0.25, -0.2) is 9.78 Å². The van der Waals surface area contributed by atoms with Gasteiger partial charge in [-0.3, -0.25) is 10.1 Å². The smallest absolute Gasteiger partial charge is 0.321 e. The van der Waals surface area contributed by atoms with Gasteiger partial charge in [0, 0.05) is 30.6 Å². The molecule has 0 radical (unpaired) electrons. The highest BCUT2D eigenvalue weighted by Gasteiger charge is 2.18. The van der Waals surface area contributed by atoms with Crippen molar-refractivity contribution in [1.29, 1.82) is 0 Å². The minimum atomic E-state index is -0.530. The molecule has 0 saturated heterocycles. The molecule has 0 spiro atoms. The number of hydrogen-bond donors (Lipinski definition) is 2. The molecule has 2 heterocycles. The zero-order valence-corrected chi connectivity index (χ0v) is 16.3. The molecule has 2 rings (SSSR count). The van der Waals surface area contributed by atoms with Crippen LogP contribution in [0, 0.1) is 0 Å². The molecule has 0 aliphatic rings. The van der Waals surface area contributed by atoms with Crippen LogP contribution in [0.5, 0.6) is 0 Å². The first kappa shape index (κ1) is 19.6. The van der Waals surface area contributed by atoms with E-state index >= 15 is 0 Å². The quantitative estimate of drug-likeness (QED) is 0.740. The average molecular weight is 404 g/mol. The molecule has 2 aromatic rings. The zero-order valence-electron chi connectivity index (χ0n) is 13.9. The second-order valence-electron chi connectivity index (χ2n) is 5.10. The van der Waals surface area contributed by atoms with E-state index in [1.807, 2.05) is 6.07 Å². The molecule has 0 aromatic carbocycles. The molecule has 0 aliphatic carbocycles. The summed E-state index contributed by atoms with van der Waals surface area (Å²) in [5.41, 5.74) is 0. The number of ether oxygens (including phenoxy) is 1. The fourth-order valence-electron chi connectivity index (χ4n) is 1.83. The van der Waals surface area contributed by atoms with Crippen molar-refractivity contribution in [1.82, 2.24) is 19.6 Å². The molecule has 0 bridgehead atoms. The lowest BCUT2D eigenvalue weighted by atomic mass is 10.3. The molecule has 0 fully saturated rings. The third-order valence-electron chi connectivity index (χ3n) is 3.20. The van der Waals surface area contributed by atoms with Crippen LogP contribution in [0.2, 0.25) is 4.34 Å². The Morgan fingerprint density at radius 1 is 1.44 bits per heavy atom. The summed E-state index contributed by atoms with van der Waals surface area (Å²) in [4.78, 5) is 30.4. The second-order valence-corrected chi connectivity index (χ2v) is 7.65. The Bertz CT molecular complexity index is 736. The van der Waals surface area contributed by atoms with Gasteiger partial charge in [-0.05, 0) is 19.1 Å². The monoisotopic (exact) mass is 403 g/mol. The molecule has 2 N–H and O–H groups in total. The van der Waals surface area contributed by atoms with Crippen LogP contribution in [-0.4, -0.2) is 46.5 Å². The summed E-state index contributed by atoms with van der Waals surface area (Å²) >= 11 is 8.29. The average Bonchev–Trinajstić information content (AvgIpc) is 3.20. The van der Waals surface area contributed by atoms with Gasteiger partial charge in [-0.2, -0.15) is 4.37 Å². The number of aromatic nitrogens is 2. The van der Waals surface area contributed by atoms with Crippen molar-refractivity contribution >= 4 is 51.5 Å². The van der Waals surface area contributed by atoms with E-state index in [0.717, 1.165) is 16.4 Å². The largest absolute Gasteiger partial charge is 0.372 e. The number of anilines is 1. The summed E-state index contributed by atoms with van der Waals surface area (Å²) in [6, 6.07) is 3.24. The van der Waals surface area contributed by atoms with E-state index in [-0.39, 0.29) is 18.5 Å². The fraction of sp³-hybridized carbons (Fsp3) is 0.429. The summed E-state index contributed by atoms with van der Waals surface area (Å²) in [7, 11) is 3.12. The predicted octanol–water partition coefficient (Wildman–Crippen LogP) is 2.57. The highest BCUT2D eigenvalue weighted by Crippen LogP contribution is 2.21. The first-order valence-corrected chi connectivity index (χ1v) is 9.25. The predicted molar refractivity (Wildman–Crippen MR) is 98.0 cm³/mol. The molecule has 11 heteroatoms. The highest BCUT2D eigenvalue weighted by molar-refractivity contribution is 7.16. The van der Waals surface area contributed by atoms with E-state index in [1.54, 1.807) is 20.0 Å². The van der Waals surface area contributed by atoms with Gasteiger partial charge in [-0.15, -0.1) is 11.3 Å². The summed E-state index contributed by atoms with van der Waals surface area (Å²) in [6.07, 6.45) is -0.530. The van der Waals surface area contributed by atoms with Gasteiger partial charge < -0.3 is 15.0 Å². The number of urea groups is 1. The summed E-state index contributed by atoms with van der Waals surface area (Å²) in [6.45, 7) is 2.28. The van der Waals surface area contributed by atoms with E-state index < -0.39 is 6.10 Å². The number of hydrogen-bond acceptors (Lipinski definition) is 7. The summed E-state index contributed by atoms with van der Waals surface area (Å²) < 4.78 is 9.80. The van der Waals surface area contributed by atoms with Crippen LogP contribution in [0.25, 0.3) is 0 Å². The maximum atomic E-state index is 11.9. The molecular weight excluding hydrogens is 386 g/mol. The van der Waals surface area contributed by atoms with Crippen LogP contribution in [0.3, 0.4) is 0 Å². The number of nitrogens with one attached hydrogen (secondary N) is 2. The lowest BCUT2D eigenvalue weighted by molar-refractivity contribution is -0.140. The maximum absolute atomic E-state index is 11.9. The normalized spacial score (nSPS) is 11.8. The van der Waals surface area contributed by atoms with Crippen LogP contribution in [0.15, 0.2) is 12.1 Å². The third kappa shape index (κ3) is 5.92. The number of methoxy groups -OCH3 is 1. The Balaban J connectivity index is 1.82. The first-order chi connectivity index (χ1) is 11.9. The Morgan fingerprint density at radius 2 is 2.20 bits per heavy atom. The SMILES string of the molecule is CO[C@H](C)C(=O)N(C)Cc1nsc(NC(=O)NCc2ccc(Cl)s2)n1. The molecule has 1 atom stereocenters. The van der Waals surface area contributed by atoms with Crippen LogP contribution >= 0.6 is 34.5 Å². The van der Waals surface area contributed by atoms with Crippen molar-refractivity contribution in [3.63, 3.8) is 0 Å². The van der Waals surface area contributed by atoms with Gasteiger partial charge in [0.15, 0.2) is 5.82 Å². The molecule has 2 aromatic heterocycles. The maximum Gasteiger partial charge on any atom is 0.321 e. The number of thiophene rings is 1. The number of carbonyl (C=O) groups is 2. The third-order valence-corrected chi connectivity index (χ3v) is 5.10. The van der Waals surface area contributed by atoms with Crippen LogP contribution in [0.4, 0.5) is 9.93 Å². The Hall–Kier alpha value is -1.75. The van der Waals surface area contributed by atoms with Gasteiger partial charge in [-0.1, -0.05) is 11.6 Å². The molecule has 0 aliphatic heterocycles. The topological polar surface area (TPSA) is 96.5 Å². The molecule has 3 amide bonds. The zero-order chi connectivity index (χ0) is 18.4. The summed E-state index contributed by atoms with van der Waals surface area (Å²) in [5, 5.41) is 5.68. The van der Waals surface area contributed by atoms with Crippen molar-refractivity contribution in [2.45, 2.75) is 26.1 Å². The first-order valence-electron chi connectivity index (χ1n) is 7.28. The van der Waals surface area contributed by atoms with Gasteiger partial charge in [0.05, 0.1) is 17.4 Å². The van der Waals surface area contributed by atoms with Crippen molar-refractivity contribution in [2.75, 3.05) is 19.5 Å². The van der Waals surface area contributed by atoms with Crippen LogP contribution in [-0.2, 0) is 22.6 Å². The fourth-order valence-corrected chi connectivity index (χ4v) is 3.43. The summed E-state index contributed by atoms with van der Waals surface area (Å²) in [5.74, 6) is 0.281. The molecule has 8 nitrogen and oxygen atoms in total. The van der Waals surface area contributed by atoms with E-state index in [4.69, 9.17) is 16.3 Å². The lowest BCUT2D eigenvalue weighted by Gasteiger charge is -2.18. The van der Waals surface area contributed by atoms with Gasteiger partial charge in [0.1, 0.15) is 6.10 Å². The Kier molecular flexibility index (Phi) is 7.12. The van der Waals surface area contributed by atoms with E-state index in [9.17, 15) is 9.59 Å². The van der Waals surface area contributed by atoms with Crippen molar-refractivity contribution in [3.05, 3.63) is 27.2 Å². The minimum Gasteiger partial charge on any atom is -0.372 e. The number of nitrogens with zero attached hydrogens (tertiary/aromatic N) is 3. The Morgan fingerprint density at radius 3 is 2.84 bits per heavy atom. The second kappa shape index (κ2) is 9.09. The molecular formula is C14H18ClN5O3S2. The molecule has 25 heavy (non-hydrogen) atoms. The highest BCUT2D eigenvalue weighted by atomic mass is 35.5. The van der Waals surface area contributed by atoms with E-state index in [1.165, 1.54) is 23.3 Å². The van der Waals surface area contributed by atoms with Gasteiger partial charge >= 0.3 is 6.03 Å². The number of halogens is 1. The van der Waals surface area contributed by atoms with E-state index in [2.05, 4.69) is 20.0 Å². The lowest BCUT2D eigenvalue weighted by Crippen LogP contribution is -2.35. The van der Waals surface area contributed by atoms with Gasteiger partial charge in [0.25, 0.3) is 5.91 Å². The number of rotatable bonds is 7. The van der Waals surface area contributed by atoms with Crippen molar-refractivity contribution in [2.24, 2.45) is 0 Å². The molecule has 136 valence electrons. The number of amides is 3. The molecule has 0 saturated carbocycles. The number of carbonyl (C=O) groups excluding carboxylic acids is 2. The van der Waals surface area contributed by atoms with Crippen LogP contribution in [0.1, 0.15) is 17.6 Å². The molecule has 0 unspecified atom stereocenters.